The summed E-state index contributed by atoms with van der Waals surface area (Å²) in [6.07, 6.45) is 0. The Bertz CT molecular complexity index is 157. The summed E-state index contributed by atoms with van der Waals surface area (Å²) in [7, 11) is -3.42. The van der Waals surface area contributed by atoms with Crippen LogP contribution in [0.2, 0.25) is 0 Å². The molecule has 1 atom stereocenters. The van der Waals surface area contributed by atoms with E-state index in [1.165, 1.54) is 0 Å². The summed E-state index contributed by atoms with van der Waals surface area (Å²) in [6.45, 7) is 0.976. The molecule has 54 valence electrons. The predicted molar refractivity (Wildman–Crippen MR) is 26.4 cm³/mol. The normalized spacial score (nSPS) is 14.7. The van der Waals surface area contributed by atoms with Crippen LogP contribution in [0.25, 0.3) is 0 Å². The van der Waals surface area contributed by atoms with E-state index in [0.29, 0.717) is 0 Å². The van der Waals surface area contributed by atoms with Gasteiger partial charge in [0.1, 0.15) is 0 Å². The minimum Gasteiger partial charge on any atom is -0.746 e. The Morgan fingerprint density at radius 3 is 2.10 bits per heavy atom. The van der Waals surface area contributed by atoms with E-state index in [0.717, 1.165) is 14.0 Å². The quantitative estimate of drug-likeness (QED) is 0.325. The van der Waals surface area contributed by atoms with Crippen molar-refractivity contribution in [1.29, 1.82) is 0 Å². The van der Waals surface area contributed by atoms with E-state index < -0.39 is 13.8 Å². The number of phosphoric ester groups is 1. The van der Waals surface area contributed by atoms with Gasteiger partial charge in [-0.1, -0.05) is 0 Å². The number of carbonyl (C=O) groups is 1. The summed E-state index contributed by atoms with van der Waals surface area (Å²) in [5, 5.41) is 0. The van der Waals surface area contributed by atoms with Gasteiger partial charge in [-0.2, -0.15) is 0 Å². The van der Waals surface area contributed by atoms with Crippen molar-refractivity contribution in [3.8, 4) is 0 Å². The van der Waals surface area contributed by atoms with Gasteiger partial charge < -0.3 is 13.9 Å². The second kappa shape index (κ2) is 5.29. The second-order valence-corrected chi connectivity index (χ2v) is 2.65. The number of carbonyl (C=O) groups excluding carboxylic acids is 1. The van der Waals surface area contributed by atoms with E-state index >= 15 is 0 Å². The molecule has 5 nitrogen and oxygen atoms in total. The maximum Gasteiger partial charge on any atom is 1.00 e. The molecule has 10 heavy (non-hydrogen) atoms. The maximum atomic E-state index is 10.2. The van der Waals surface area contributed by atoms with E-state index in [-0.39, 0.29) is 29.6 Å². The molecule has 0 bridgehead atoms. The molecule has 0 rings (SSSR count). The van der Waals surface area contributed by atoms with Crippen molar-refractivity contribution >= 4 is 13.8 Å². The van der Waals surface area contributed by atoms with Gasteiger partial charge in [0, 0.05) is 14.0 Å². The van der Waals surface area contributed by atoms with Crippen LogP contribution in [0.5, 0.6) is 0 Å². The standard InChI is InChI=1S/C3H7O5P.Na/c1-3(4)8-9(5,6)7-2;/h1-2H3,(H,5,6);/q;+1/p-1. The molecule has 0 saturated carbocycles. The Hall–Kier alpha value is 0.620. The number of hydrogen-bond acceptors (Lipinski definition) is 5. The molecule has 0 fully saturated rings. The third kappa shape index (κ3) is 6.74. The van der Waals surface area contributed by atoms with Gasteiger partial charge in [0.2, 0.25) is 0 Å². The third-order valence-electron chi connectivity index (χ3n) is 0.464. The maximum absolute atomic E-state index is 10.2. The Morgan fingerprint density at radius 2 is 2.00 bits per heavy atom. The van der Waals surface area contributed by atoms with Crippen LogP contribution >= 0.6 is 7.82 Å². The van der Waals surface area contributed by atoms with Crippen LogP contribution in [0.15, 0.2) is 0 Å². The van der Waals surface area contributed by atoms with Crippen molar-refractivity contribution in [2.75, 3.05) is 7.11 Å². The molecule has 0 aliphatic rings. The molecular formula is C3H6NaO5P. The molecule has 0 saturated heterocycles. The van der Waals surface area contributed by atoms with Crippen LogP contribution in [0.4, 0.5) is 0 Å². The van der Waals surface area contributed by atoms with Crippen molar-refractivity contribution < 1.29 is 52.9 Å². The molecular weight excluding hydrogens is 170 g/mol. The van der Waals surface area contributed by atoms with E-state index in [1.54, 1.807) is 0 Å². The molecule has 0 heterocycles. The number of phosphoric acid groups is 1. The first-order valence-electron chi connectivity index (χ1n) is 2.05. The summed E-state index contributed by atoms with van der Waals surface area (Å²) in [6, 6.07) is 0. The van der Waals surface area contributed by atoms with Gasteiger partial charge in [-0.3, -0.25) is 9.36 Å². The van der Waals surface area contributed by atoms with Crippen molar-refractivity contribution in [2.45, 2.75) is 6.92 Å². The Labute approximate surface area is 80.6 Å². The zero-order valence-corrected chi connectivity index (χ0v) is 8.88. The first-order chi connectivity index (χ1) is 3.98. The first-order valence-corrected chi connectivity index (χ1v) is 3.51. The zero-order valence-electron chi connectivity index (χ0n) is 5.99. The largest absolute Gasteiger partial charge is 1.00 e. The van der Waals surface area contributed by atoms with E-state index in [4.69, 9.17) is 0 Å². The van der Waals surface area contributed by atoms with E-state index in [1.807, 2.05) is 0 Å². The van der Waals surface area contributed by atoms with Gasteiger partial charge in [-0.15, -0.1) is 0 Å². The van der Waals surface area contributed by atoms with Crippen molar-refractivity contribution in [2.24, 2.45) is 0 Å². The predicted octanol–water partition coefficient (Wildman–Crippen LogP) is -3.33. The fraction of sp³-hybridized carbons (Fsp3) is 0.667. The smallest absolute Gasteiger partial charge is 0.746 e. The summed E-state index contributed by atoms with van der Waals surface area (Å²) in [4.78, 5) is 20.1. The summed E-state index contributed by atoms with van der Waals surface area (Å²) < 4.78 is 17.7. The Morgan fingerprint density at radius 1 is 1.60 bits per heavy atom. The van der Waals surface area contributed by atoms with E-state index in [2.05, 4.69) is 9.05 Å². The monoisotopic (exact) mass is 176 g/mol. The van der Waals surface area contributed by atoms with Crippen molar-refractivity contribution in [3.05, 3.63) is 0 Å². The topological polar surface area (TPSA) is 75.7 Å². The summed E-state index contributed by atoms with van der Waals surface area (Å²) >= 11 is 0. The molecule has 0 aliphatic heterocycles. The van der Waals surface area contributed by atoms with Crippen LogP contribution in [0.1, 0.15) is 6.92 Å². The summed E-state index contributed by atoms with van der Waals surface area (Å²) in [5.74, 6) is -0.907. The van der Waals surface area contributed by atoms with Crippen LogP contribution in [-0.2, 0) is 18.4 Å². The first kappa shape index (κ1) is 13.2. The van der Waals surface area contributed by atoms with Crippen LogP contribution in [-0.4, -0.2) is 13.1 Å². The molecule has 0 aliphatic carbocycles. The van der Waals surface area contributed by atoms with Gasteiger partial charge in [-0.05, 0) is 0 Å². The van der Waals surface area contributed by atoms with Gasteiger partial charge >= 0.3 is 43.3 Å². The van der Waals surface area contributed by atoms with Gasteiger partial charge in [0.25, 0.3) is 0 Å². The average Bonchev–Trinajstić information content (AvgIpc) is 1.63. The molecule has 0 aromatic heterocycles. The SMILES string of the molecule is COP(=O)([O-])OC(C)=O.[Na+]. The molecule has 0 spiro atoms. The van der Waals surface area contributed by atoms with Crippen LogP contribution < -0.4 is 34.5 Å². The molecule has 0 aromatic rings. The minimum atomic E-state index is -4.33. The fourth-order valence-corrected chi connectivity index (χ4v) is 0.584. The summed E-state index contributed by atoms with van der Waals surface area (Å²) in [5.41, 5.74) is 0. The Kier molecular flexibility index (Phi) is 7.00. The fourth-order valence-electron chi connectivity index (χ4n) is 0.195. The molecule has 0 radical (unpaired) electrons. The molecule has 1 unspecified atom stereocenters. The molecule has 7 heteroatoms. The molecule has 0 N–H and O–H groups in total. The van der Waals surface area contributed by atoms with Gasteiger partial charge in [-0.25, -0.2) is 0 Å². The number of hydrogen-bond donors (Lipinski definition) is 0. The van der Waals surface area contributed by atoms with Gasteiger partial charge in [0.05, 0.1) is 0 Å². The zero-order chi connectivity index (χ0) is 7.49. The Balaban J connectivity index is 0. The third-order valence-corrected chi connectivity index (χ3v) is 1.39. The molecule has 0 amide bonds. The van der Waals surface area contributed by atoms with Crippen molar-refractivity contribution in [3.63, 3.8) is 0 Å². The van der Waals surface area contributed by atoms with Gasteiger partial charge in [0.15, 0.2) is 0 Å². The number of rotatable bonds is 2. The second-order valence-electron chi connectivity index (χ2n) is 1.21. The van der Waals surface area contributed by atoms with Crippen LogP contribution in [0.3, 0.4) is 0 Å². The average molecular weight is 176 g/mol. The minimum absolute atomic E-state index is 0. The molecule has 0 aromatic carbocycles. The van der Waals surface area contributed by atoms with Crippen LogP contribution in [0, 0.1) is 0 Å². The van der Waals surface area contributed by atoms with E-state index in [9.17, 15) is 14.3 Å². The van der Waals surface area contributed by atoms with Crippen molar-refractivity contribution in [1.82, 2.24) is 0 Å².